The van der Waals surface area contributed by atoms with Crippen molar-refractivity contribution in [2.45, 2.75) is 50.9 Å². The monoisotopic (exact) mass is 249 g/mol. The van der Waals surface area contributed by atoms with Gasteiger partial charge in [0.25, 0.3) is 5.69 Å². The second-order valence-corrected chi connectivity index (χ2v) is 4.97. The number of anilines is 1. The number of nitro groups is 1. The number of pyridine rings is 1. The van der Waals surface area contributed by atoms with Gasteiger partial charge in [-0.3, -0.25) is 15.1 Å². The molecule has 0 atom stereocenters. The largest absolute Gasteiger partial charge is 0.397 e. The second-order valence-electron chi connectivity index (χ2n) is 4.97. The summed E-state index contributed by atoms with van der Waals surface area (Å²) in [6.07, 6.45) is 9.75. The summed E-state index contributed by atoms with van der Waals surface area (Å²) in [6, 6.07) is 1.43. The molecule has 2 rings (SSSR count). The van der Waals surface area contributed by atoms with Crippen molar-refractivity contribution in [3.63, 3.8) is 0 Å². The van der Waals surface area contributed by atoms with Crippen LogP contribution in [0.2, 0.25) is 0 Å². The van der Waals surface area contributed by atoms with Crippen LogP contribution >= 0.6 is 0 Å². The first-order chi connectivity index (χ1) is 8.68. The lowest BCUT2D eigenvalue weighted by Gasteiger charge is -2.20. The molecule has 1 saturated carbocycles. The number of nitrogens with two attached hydrogens (primary N) is 1. The van der Waals surface area contributed by atoms with Gasteiger partial charge >= 0.3 is 0 Å². The van der Waals surface area contributed by atoms with Crippen molar-refractivity contribution in [2.75, 3.05) is 5.73 Å². The molecule has 0 amide bonds. The van der Waals surface area contributed by atoms with E-state index in [1.807, 2.05) is 0 Å². The minimum Gasteiger partial charge on any atom is -0.397 e. The number of aromatic nitrogens is 1. The number of nitrogen functional groups attached to an aromatic ring is 1. The van der Waals surface area contributed by atoms with Gasteiger partial charge in [-0.15, -0.1) is 0 Å². The molecule has 18 heavy (non-hydrogen) atoms. The Morgan fingerprint density at radius 1 is 1.22 bits per heavy atom. The Morgan fingerprint density at radius 3 is 2.39 bits per heavy atom. The van der Waals surface area contributed by atoms with Crippen LogP contribution in [-0.4, -0.2) is 9.91 Å². The molecule has 0 bridgehead atoms. The summed E-state index contributed by atoms with van der Waals surface area (Å²) in [5, 5.41) is 10.7. The van der Waals surface area contributed by atoms with Crippen molar-refractivity contribution in [1.29, 1.82) is 0 Å². The van der Waals surface area contributed by atoms with Gasteiger partial charge in [0.2, 0.25) is 0 Å². The van der Waals surface area contributed by atoms with Crippen LogP contribution in [-0.2, 0) is 0 Å². The molecule has 0 radical (unpaired) electrons. The van der Waals surface area contributed by atoms with Gasteiger partial charge in [-0.05, 0) is 12.8 Å². The Morgan fingerprint density at radius 2 is 1.83 bits per heavy atom. The summed E-state index contributed by atoms with van der Waals surface area (Å²) in [4.78, 5) is 14.4. The van der Waals surface area contributed by atoms with Crippen LogP contribution < -0.4 is 5.73 Å². The van der Waals surface area contributed by atoms with E-state index in [4.69, 9.17) is 5.73 Å². The molecule has 98 valence electrons. The van der Waals surface area contributed by atoms with Gasteiger partial charge in [0.15, 0.2) is 0 Å². The molecule has 1 aromatic heterocycles. The van der Waals surface area contributed by atoms with E-state index in [0.717, 1.165) is 18.5 Å². The summed E-state index contributed by atoms with van der Waals surface area (Å²) >= 11 is 0. The SMILES string of the molecule is Nc1cc([N+](=O)[O-])cnc1C1CCCCCCC1. The summed E-state index contributed by atoms with van der Waals surface area (Å²) < 4.78 is 0. The van der Waals surface area contributed by atoms with Crippen molar-refractivity contribution >= 4 is 11.4 Å². The minimum absolute atomic E-state index is 0.0258. The first-order valence-corrected chi connectivity index (χ1v) is 6.58. The third-order valence-corrected chi connectivity index (χ3v) is 3.64. The highest BCUT2D eigenvalue weighted by Crippen LogP contribution is 2.33. The highest BCUT2D eigenvalue weighted by atomic mass is 16.6. The lowest BCUT2D eigenvalue weighted by Crippen LogP contribution is -2.08. The molecule has 5 heteroatoms. The van der Waals surface area contributed by atoms with Crippen LogP contribution in [0.5, 0.6) is 0 Å². The normalized spacial score (nSPS) is 18.0. The highest BCUT2D eigenvalue weighted by molar-refractivity contribution is 5.51. The zero-order valence-corrected chi connectivity index (χ0v) is 10.5. The molecule has 1 aliphatic carbocycles. The van der Waals surface area contributed by atoms with Crippen molar-refractivity contribution in [2.24, 2.45) is 0 Å². The zero-order valence-electron chi connectivity index (χ0n) is 10.5. The maximum Gasteiger partial charge on any atom is 0.289 e. The maximum absolute atomic E-state index is 10.7. The highest BCUT2D eigenvalue weighted by Gasteiger charge is 2.19. The summed E-state index contributed by atoms with van der Waals surface area (Å²) in [5.41, 5.74) is 7.20. The van der Waals surface area contributed by atoms with Gasteiger partial charge in [-0.25, -0.2) is 0 Å². The van der Waals surface area contributed by atoms with E-state index >= 15 is 0 Å². The molecular weight excluding hydrogens is 230 g/mol. The van der Waals surface area contributed by atoms with Gasteiger partial charge in [-0.2, -0.15) is 0 Å². The van der Waals surface area contributed by atoms with E-state index in [2.05, 4.69) is 4.98 Å². The van der Waals surface area contributed by atoms with E-state index in [0.29, 0.717) is 11.6 Å². The van der Waals surface area contributed by atoms with E-state index in [1.165, 1.54) is 44.4 Å². The summed E-state index contributed by atoms with van der Waals surface area (Å²) in [5.74, 6) is 0.367. The minimum atomic E-state index is -0.453. The molecule has 0 spiro atoms. The average Bonchev–Trinajstić information content (AvgIpc) is 2.29. The third-order valence-electron chi connectivity index (χ3n) is 3.64. The Balaban J connectivity index is 2.18. The number of rotatable bonds is 2. The molecule has 1 fully saturated rings. The van der Waals surface area contributed by atoms with Crippen molar-refractivity contribution in [3.8, 4) is 0 Å². The summed E-state index contributed by atoms with van der Waals surface area (Å²) in [7, 11) is 0. The van der Waals surface area contributed by atoms with Crippen molar-refractivity contribution < 1.29 is 4.92 Å². The fraction of sp³-hybridized carbons (Fsp3) is 0.615. The zero-order chi connectivity index (χ0) is 13.0. The Bertz CT molecular complexity index is 426. The van der Waals surface area contributed by atoms with Crippen LogP contribution in [0, 0.1) is 10.1 Å². The number of nitrogens with zero attached hydrogens (tertiary/aromatic N) is 2. The predicted molar refractivity (Wildman–Crippen MR) is 70.4 cm³/mol. The van der Waals surface area contributed by atoms with Crippen molar-refractivity contribution in [1.82, 2.24) is 4.98 Å². The summed E-state index contributed by atoms with van der Waals surface area (Å²) in [6.45, 7) is 0. The van der Waals surface area contributed by atoms with Crippen LogP contribution in [0.1, 0.15) is 56.6 Å². The van der Waals surface area contributed by atoms with Crippen LogP contribution in [0.4, 0.5) is 11.4 Å². The topological polar surface area (TPSA) is 82.0 Å². The predicted octanol–water partition coefficient (Wildman–Crippen LogP) is 3.40. The Hall–Kier alpha value is -1.65. The Kier molecular flexibility index (Phi) is 4.12. The first-order valence-electron chi connectivity index (χ1n) is 6.58. The molecule has 0 unspecified atom stereocenters. The van der Waals surface area contributed by atoms with Gasteiger partial charge in [0.05, 0.1) is 16.3 Å². The molecule has 0 saturated heterocycles. The lowest BCUT2D eigenvalue weighted by molar-refractivity contribution is -0.385. The molecule has 1 aromatic rings. The quantitative estimate of drug-likeness (QED) is 0.643. The molecular formula is C13H19N3O2. The molecule has 1 heterocycles. The van der Waals surface area contributed by atoms with Crippen LogP contribution in [0.15, 0.2) is 12.3 Å². The Labute approximate surface area is 107 Å². The fourth-order valence-corrected chi connectivity index (χ4v) is 2.65. The van der Waals surface area contributed by atoms with Gasteiger partial charge < -0.3 is 5.73 Å². The van der Waals surface area contributed by atoms with E-state index in [1.54, 1.807) is 0 Å². The molecule has 1 aliphatic rings. The third kappa shape index (κ3) is 2.97. The fourth-order valence-electron chi connectivity index (χ4n) is 2.65. The molecule has 0 aromatic carbocycles. The van der Waals surface area contributed by atoms with Gasteiger partial charge in [-0.1, -0.05) is 32.1 Å². The molecule has 0 aliphatic heterocycles. The molecule has 2 N–H and O–H groups in total. The van der Waals surface area contributed by atoms with E-state index in [9.17, 15) is 10.1 Å². The standard InChI is InChI=1S/C13H19N3O2/c14-12-8-11(16(17)18)9-15-13(12)10-6-4-2-1-3-5-7-10/h8-10H,1-7,14H2. The van der Waals surface area contributed by atoms with Crippen LogP contribution in [0.3, 0.4) is 0 Å². The smallest absolute Gasteiger partial charge is 0.289 e. The second kappa shape index (κ2) is 5.80. The number of hydrogen-bond acceptors (Lipinski definition) is 4. The maximum atomic E-state index is 10.7. The number of hydrogen-bond donors (Lipinski definition) is 1. The van der Waals surface area contributed by atoms with Crippen LogP contribution in [0.25, 0.3) is 0 Å². The first kappa shape index (κ1) is 12.8. The lowest BCUT2D eigenvalue weighted by atomic mass is 9.88. The van der Waals surface area contributed by atoms with Crippen molar-refractivity contribution in [3.05, 3.63) is 28.1 Å². The van der Waals surface area contributed by atoms with Gasteiger partial charge in [0, 0.05) is 12.0 Å². The van der Waals surface area contributed by atoms with Gasteiger partial charge in [0.1, 0.15) is 6.20 Å². The van der Waals surface area contributed by atoms with E-state index < -0.39 is 4.92 Å². The molecule has 5 nitrogen and oxygen atoms in total. The average molecular weight is 249 g/mol. The van der Waals surface area contributed by atoms with E-state index in [-0.39, 0.29) is 5.69 Å².